The molecule has 2 N–H and O–H groups in total. The van der Waals surface area contributed by atoms with Crippen molar-refractivity contribution in [2.75, 3.05) is 0 Å². The molecule has 4 aliphatic carbocycles. The van der Waals surface area contributed by atoms with E-state index in [1.165, 1.54) is 44.3 Å². The van der Waals surface area contributed by atoms with E-state index >= 15 is 0 Å². The number of nitrogens with zero attached hydrogens (tertiary/aromatic N) is 3. The van der Waals surface area contributed by atoms with Gasteiger partial charge in [0.25, 0.3) is 0 Å². The Morgan fingerprint density at radius 3 is 2.05 bits per heavy atom. The van der Waals surface area contributed by atoms with Gasteiger partial charge in [-0.15, -0.1) is 10.2 Å². The molecule has 1 heterocycles. The molecule has 5 rings (SSSR count). The fourth-order valence-electron chi connectivity index (χ4n) is 5.58. The first-order valence-corrected chi connectivity index (χ1v) is 7.73. The average Bonchev–Trinajstić information content (AvgIpc) is 2.69. The molecule has 1 aromatic heterocycles. The zero-order chi connectivity index (χ0) is 13.2. The first-order chi connectivity index (χ1) is 9.07. The van der Waals surface area contributed by atoms with E-state index in [4.69, 9.17) is 5.73 Å². The van der Waals surface area contributed by atoms with Gasteiger partial charge < -0.3 is 10.3 Å². The number of rotatable bonds is 2. The molecule has 4 nitrogen and oxygen atoms in total. The zero-order valence-corrected chi connectivity index (χ0v) is 12.0. The van der Waals surface area contributed by atoms with Gasteiger partial charge in [0.1, 0.15) is 11.6 Å². The molecule has 4 aliphatic rings. The fraction of sp³-hybridized carbons (Fsp3) is 0.867. The molecule has 1 unspecified atom stereocenters. The quantitative estimate of drug-likeness (QED) is 0.887. The Morgan fingerprint density at radius 1 is 1.11 bits per heavy atom. The van der Waals surface area contributed by atoms with Gasteiger partial charge in [-0.05, 0) is 63.2 Å². The van der Waals surface area contributed by atoms with E-state index in [2.05, 4.69) is 21.8 Å². The van der Waals surface area contributed by atoms with Crippen LogP contribution < -0.4 is 5.73 Å². The molecule has 0 aliphatic heterocycles. The predicted octanol–water partition coefficient (Wildman–Crippen LogP) is 2.30. The Balaban J connectivity index is 1.75. The summed E-state index contributed by atoms with van der Waals surface area (Å²) in [4.78, 5) is 0. The van der Waals surface area contributed by atoms with Gasteiger partial charge in [-0.1, -0.05) is 0 Å². The molecule has 0 amide bonds. The van der Waals surface area contributed by atoms with Crippen LogP contribution in [0.25, 0.3) is 0 Å². The van der Waals surface area contributed by atoms with Crippen molar-refractivity contribution >= 4 is 0 Å². The van der Waals surface area contributed by atoms with E-state index in [1.807, 2.05) is 6.92 Å². The second kappa shape index (κ2) is 3.81. The molecule has 0 spiro atoms. The highest BCUT2D eigenvalue weighted by Crippen LogP contribution is 2.60. The van der Waals surface area contributed by atoms with Gasteiger partial charge in [-0.2, -0.15) is 0 Å². The van der Waals surface area contributed by atoms with Gasteiger partial charge in [-0.3, -0.25) is 0 Å². The molecule has 0 radical (unpaired) electrons. The maximum absolute atomic E-state index is 6.00. The lowest BCUT2D eigenvalue weighted by Gasteiger charge is -2.56. The summed E-state index contributed by atoms with van der Waals surface area (Å²) in [5.41, 5.74) is 6.32. The second-order valence-corrected chi connectivity index (χ2v) is 7.43. The standard InChI is InChI=1S/C15H24N4/c1-9(16)13-17-18-14(19(13)2)15-6-10-3-11(7-15)5-12(4-10)8-15/h9-12H,3-8,16H2,1-2H3. The lowest BCUT2D eigenvalue weighted by atomic mass is 9.49. The van der Waals surface area contributed by atoms with Crippen LogP contribution >= 0.6 is 0 Å². The van der Waals surface area contributed by atoms with Gasteiger partial charge in [-0.25, -0.2) is 0 Å². The summed E-state index contributed by atoms with van der Waals surface area (Å²) >= 11 is 0. The summed E-state index contributed by atoms with van der Waals surface area (Å²) in [5, 5.41) is 8.92. The van der Waals surface area contributed by atoms with Crippen LogP contribution in [0.2, 0.25) is 0 Å². The summed E-state index contributed by atoms with van der Waals surface area (Å²) < 4.78 is 2.19. The van der Waals surface area contributed by atoms with Crippen molar-refractivity contribution in [3.8, 4) is 0 Å². The van der Waals surface area contributed by atoms with E-state index < -0.39 is 0 Å². The first-order valence-electron chi connectivity index (χ1n) is 7.73. The molecule has 4 bridgehead atoms. The highest BCUT2D eigenvalue weighted by Gasteiger charge is 2.53. The molecular formula is C15H24N4. The molecule has 104 valence electrons. The highest BCUT2D eigenvalue weighted by atomic mass is 15.3. The van der Waals surface area contributed by atoms with Crippen LogP contribution in [-0.2, 0) is 12.5 Å². The lowest BCUT2D eigenvalue weighted by Crippen LogP contribution is -2.49. The van der Waals surface area contributed by atoms with Crippen LogP contribution in [0.4, 0.5) is 0 Å². The molecule has 1 aromatic rings. The minimum atomic E-state index is -0.0276. The van der Waals surface area contributed by atoms with Crippen molar-refractivity contribution in [1.29, 1.82) is 0 Å². The molecule has 1 atom stereocenters. The van der Waals surface area contributed by atoms with Gasteiger partial charge in [0.05, 0.1) is 6.04 Å². The van der Waals surface area contributed by atoms with E-state index in [1.54, 1.807) is 0 Å². The van der Waals surface area contributed by atoms with Crippen LogP contribution in [0.3, 0.4) is 0 Å². The highest BCUT2D eigenvalue weighted by molar-refractivity contribution is 5.19. The monoisotopic (exact) mass is 260 g/mol. The Kier molecular flexibility index (Phi) is 2.39. The van der Waals surface area contributed by atoms with Crippen molar-refractivity contribution in [3.05, 3.63) is 11.6 Å². The maximum Gasteiger partial charge on any atom is 0.149 e. The lowest BCUT2D eigenvalue weighted by molar-refractivity contribution is -0.0108. The fourth-order valence-corrected chi connectivity index (χ4v) is 5.58. The summed E-state index contributed by atoms with van der Waals surface area (Å²) in [5.74, 6) is 5.00. The third-order valence-corrected chi connectivity index (χ3v) is 5.83. The molecular weight excluding hydrogens is 236 g/mol. The van der Waals surface area contributed by atoms with Crippen molar-refractivity contribution < 1.29 is 0 Å². The van der Waals surface area contributed by atoms with Crippen LogP contribution in [-0.4, -0.2) is 14.8 Å². The van der Waals surface area contributed by atoms with E-state index in [-0.39, 0.29) is 6.04 Å². The first kappa shape index (κ1) is 11.9. The average molecular weight is 260 g/mol. The normalized spacial score (nSPS) is 41.7. The number of nitrogens with two attached hydrogens (primary N) is 1. The Bertz CT molecular complexity index is 467. The smallest absolute Gasteiger partial charge is 0.149 e. The number of aromatic nitrogens is 3. The van der Waals surface area contributed by atoms with Crippen molar-refractivity contribution in [2.24, 2.45) is 30.5 Å². The number of hydrogen-bond acceptors (Lipinski definition) is 3. The molecule has 4 saturated carbocycles. The van der Waals surface area contributed by atoms with Crippen molar-refractivity contribution in [3.63, 3.8) is 0 Å². The van der Waals surface area contributed by atoms with E-state index in [0.29, 0.717) is 5.41 Å². The molecule has 4 fully saturated rings. The largest absolute Gasteiger partial charge is 0.322 e. The van der Waals surface area contributed by atoms with Gasteiger partial charge in [0, 0.05) is 12.5 Å². The Hall–Kier alpha value is -0.900. The SMILES string of the molecule is CC(N)c1nnc(C23CC4CC(CC(C4)C2)C3)n1C. The molecule has 4 heteroatoms. The number of hydrogen-bond donors (Lipinski definition) is 1. The van der Waals surface area contributed by atoms with Crippen LogP contribution in [0, 0.1) is 17.8 Å². The molecule has 19 heavy (non-hydrogen) atoms. The van der Waals surface area contributed by atoms with E-state index in [0.717, 1.165) is 23.6 Å². The third-order valence-electron chi connectivity index (χ3n) is 5.83. The van der Waals surface area contributed by atoms with E-state index in [9.17, 15) is 0 Å². The summed E-state index contributed by atoms with van der Waals surface area (Å²) in [6, 6.07) is -0.0276. The summed E-state index contributed by atoms with van der Waals surface area (Å²) in [7, 11) is 2.10. The zero-order valence-electron chi connectivity index (χ0n) is 12.0. The summed E-state index contributed by atoms with van der Waals surface area (Å²) in [6.07, 6.45) is 8.42. The molecule has 0 saturated heterocycles. The van der Waals surface area contributed by atoms with Crippen LogP contribution in [0.5, 0.6) is 0 Å². The van der Waals surface area contributed by atoms with Crippen LogP contribution in [0.15, 0.2) is 0 Å². The van der Waals surface area contributed by atoms with Gasteiger partial charge in [0.15, 0.2) is 0 Å². The second-order valence-electron chi connectivity index (χ2n) is 7.43. The predicted molar refractivity (Wildman–Crippen MR) is 73.5 cm³/mol. The Labute approximate surface area is 114 Å². The molecule has 0 aromatic carbocycles. The summed E-state index contributed by atoms with van der Waals surface area (Å²) in [6.45, 7) is 1.99. The van der Waals surface area contributed by atoms with Crippen molar-refractivity contribution in [2.45, 2.75) is 56.9 Å². The van der Waals surface area contributed by atoms with Gasteiger partial charge >= 0.3 is 0 Å². The minimum Gasteiger partial charge on any atom is -0.322 e. The third kappa shape index (κ3) is 1.62. The maximum atomic E-state index is 6.00. The Morgan fingerprint density at radius 2 is 1.63 bits per heavy atom. The minimum absolute atomic E-state index is 0.0276. The van der Waals surface area contributed by atoms with Gasteiger partial charge in [0.2, 0.25) is 0 Å². The topological polar surface area (TPSA) is 56.7 Å². The van der Waals surface area contributed by atoms with Crippen LogP contribution in [0.1, 0.15) is 63.1 Å². The van der Waals surface area contributed by atoms with Crippen molar-refractivity contribution in [1.82, 2.24) is 14.8 Å².